The predicted molar refractivity (Wildman–Crippen MR) is 192 cm³/mol. The fraction of sp³-hybridized carbons (Fsp3) is 0. The molecule has 0 aliphatic heterocycles. The van der Waals surface area contributed by atoms with Crippen LogP contribution in [0.15, 0.2) is 170 Å². The summed E-state index contributed by atoms with van der Waals surface area (Å²) in [5.74, 6) is 0. The molecule has 0 fully saturated rings. The van der Waals surface area contributed by atoms with Gasteiger partial charge in [0.25, 0.3) is 0 Å². The molecule has 0 unspecified atom stereocenters. The smallest absolute Gasteiger partial charge is 0.0985 e. The van der Waals surface area contributed by atoms with Gasteiger partial charge in [0.2, 0.25) is 0 Å². The van der Waals surface area contributed by atoms with Crippen LogP contribution >= 0.6 is 7.92 Å². The van der Waals surface area contributed by atoms with Gasteiger partial charge in [-0.25, -0.2) is 0 Å². The first kappa shape index (κ1) is 25.9. The Balaban J connectivity index is 1.33. The van der Waals surface area contributed by atoms with Crippen LogP contribution in [0.5, 0.6) is 0 Å². The highest BCUT2D eigenvalue weighted by Gasteiger charge is 2.22. The van der Waals surface area contributed by atoms with E-state index in [-0.39, 0.29) is 0 Å². The summed E-state index contributed by atoms with van der Waals surface area (Å²) >= 11 is 0. The van der Waals surface area contributed by atoms with Crippen LogP contribution in [0.3, 0.4) is 0 Å². The molecule has 0 saturated heterocycles. The summed E-state index contributed by atoms with van der Waals surface area (Å²) in [6, 6.07) is 59.0. The SMILES string of the molecule is c1ccc(-n2c3ccccc3c3cnc4c5ccccc5n(-c5ccc(P(c6ccccc6)c6ccccc6)cc5)c4c32)cc1. The van der Waals surface area contributed by atoms with Gasteiger partial charge in [-0.15, -0.1) is 0 Å². The molecular formula is C41H28N3P. The van der Waals surface area contributed by atoms with Gasteiger partial charge in [-0.3, -0.25) is 4.98 Å². The number of rotatable bonds is 5. The minimum Gasteiger partial charge on any atom is -0.307 e. The van der Waals surface area contributed by atoms with Crippen molar-refractivity contribution in [2.24, 2.45) is 0 Å². The molecule has 0 amide bonds. The summed E-state index contributed by atoms with van der Waals surface area (Å²) in [4.78, 5) is 5.13. The van der Waals surface area contributed by atoms with E-state index in [4.69, 9.17) is 4.98 Å². The van der Waals surface area contributed by atoms with Crippen molar-refractivity contribution < 1.29 is 0 Å². The van der Waals surface area contributed by atoms with E-state index in [0.717, 1.165) is 38.7 Å². The molecule has 45 heavy (non-hydrogen) atoms. The molecule has 0 atom stereocenters. The molecule has 3 nitrogen and oxygen atoms in total. The fourth-order valence-corrected chi connectivity index (χ4v) is 9.08. The third kappa shape index (κ3) is 4.13. The normalized spacial score (nSPS) is 11.8. The first-order valence-corrected chi connectivity index (χ1v) is 16.6. The lowest BCUT2D eigenvalue weighted by molar-refractivity contribution is 1.15. The fourth-order valence-electron chi connectivity index (χ4n) is 6.80. The molecule has 3 aromatic heterocycles. The molecule has 0 radical (unpaired) electrons. The van der Waals surface area contributed by atoms with Crippen molar-refractivity contribution in [3.05, 3.63) is 170 Å². The van der Waals surface area contributed by atoms with Crippen molar-refractivity contribution in [3.63, 3.8) is 0 Å². The highest BCUT2D eigenvalue weighted by Crippen LogP contribution is 2.41. The van der Waals surface area contributed by atoms with E-state index >= 15 is 0 Å². The quantitative estimate of drug-likeness (QED) is 0.183. The van der Waals surface area contributed by atoms with Crippen molar-refractivity contribution >= 4 is 67.6 Å². The standard InChI is InChI=1S/C41H28N3P/c1-4-14-29(15-5-1)43-37-22-12-10-20-34(37)36-28-42-39-35-21-11-13-23-38(35)44(41(39)40(36)43)30-24-26-33(27-25-30)45(31-16-6-2-7-17-31)32-18-8-3-9-19-32/h1-28H. The molecule has 9 aromatic rings. The van der Waals surface area contributed by atoms with E-state index in [1.54, 1.807) is 0 Å². The van der Waals surface area contributed by atoms with Crippen molar-refractivity contribution in [3.8, 4) is 11.4 Å². The van der Waals surface area contributed by atoms with Gasteiger partial charge in [0.1, 0.15) is 0 Å². The Morgan fingerprint density at radius 1 is 0.378 bits per heavy atom. The number of fused-ring (bicyclic) bond motifs is 7. The van der Waals surface area contributed by atoms with E-state index in [0.29, 0.717) is 0 Å². The average Bonchev–Trinajstić information content (AvgIpc) is 3.63. The van der Waals surface area contributed by atoms with E-state index in [2.05, 4.69) is 179 Å². The Hall–Kier alpha value is -5.50. The van der Waals surface area contributed by atoms with E-state index in [1.165, 1.54) is 32.3 Å². The summed E-state index contributed by atoms with van der Waals surface area (Å²) in [7, 11) is -0.688. The molecule has 9 rings (SSSR count). The predicted octanol–water partition coefficient (Wildman–Crippen LogP) is 9.03. The minimum absolute atomic E-state index is 0.688. The van der Waals surface area contributed by atoms with Crippen LogP contribution in [0.2, 0.25) is 0 Å². The van der Waals surface area contributed by atoms with E-state index in [1.807, 2.05) is 0 Å². The largest absolute Gasteiger partial charge is 0.307 e. The molecule has 4 heteroatoms. The highest BCUT2D eigenvalue weighted by molar-refractivity contribution is 7.79. The van der Waals surface area contributed by atoms with E-state index < -0.39 is 7.92 Å². The van der Waals surface area contributed by atoms with Gasteiger partial charge in [-0.1, -0.05) is 127 Å². The lowest BCUT2D eigenvalue weighted by Crippen LogP contribution is -2.20. The van der Waals surface area contributed by atoms with Gasteiger partial charge in [-0.2, -0.15) is 0 Å². The highest BCUT2D eigenvalue weighted by atomic mass is 31.1. The summed E-state index contributed by atoms with van der Waals surface area (Å²) in [5.41, 5.74) is 7.89. The Bertz CT molecular complexity index is 2420. The van der Waals surface area contributed by atoms with Crippen molar-refractivity contribution in [2.45, 2.75) is 0 Å². The summed E-state index contributed by atoms with van der Waals surface area (Å²) in [5, 5.41) is 7.53. The third-order valence-corrected chi connectivity index (χ3v) is 11.2. The van der Waals surface area contributed by atoms with Crippen molar-refractivity contribution in [1.82, 2.24) is 14.1 Å². The molecule has 0 bridgehead atoms. The van der Waals surface area contributed by atoms with Crippen LogP contribution in [0, 0.1) is 0 Å². The monoisotopic (exact) mass is 593 g/mol. The molecule has 0 spiro atoms. The van der Waals surface area contributed by atoms with Crippen LogP contribution < -0.4 is 15.9 Å². The number of hydrogen-bond donors (Lipinski definition) is 0. The summed E-state index contributed by atoms with van der Waals surface area (Å²) in [6.45, 7) is 0. The number of benzene rings is 6. The van der Waals surface area contributed by atoms with Gasteiger partial charge >= 0.3 is 0 Å². The molecule has 0 aliphatic carbocycles. The van der Waals surface area contributed by atoms with Crippen LogP contribution in [0.1, 0.15) is 0 Å². The average molecular weight is 594 g/mol. The maximum atomic E-state index is 5.13. The third-order valence-electron chi connectivity index (χ3n) is 8.72. The molecule has 6 aromatic carbocycles. The second-order valence-corrected chi connectivity index (χ2v) is 13.5. The van der Waals surface area contributed by atoms with Crippen molar-refractivity contribution in [1.29, 1.82) is 0 Å². The second kappa shape index (κ2) is 10.6. The topological polar surface area (TPSA) is 22.8 Å². The van der Waals surface area contributed by atoms with Gasteiger partial charge in [0.05, 0.1) is 27.6 Å². The van der Waals surface area contributed by atoms with Crippen LogP contribution in [-0.4, -0.2) is 14.1 Å². The first-order chi connectivity index (χ1) is 22.4. The number of hydrogen-bond acceptors (Lipinski definition) is 1. The van der Waals surface area contributed by atoms with E-state index in [9.17, 15) is 0 Å². The Morgan fingerprint density at radius 2 is 0.844 bits per heavy atom. The first-order valence-electron chi connectivity index (χ1n) is 15.2. The zero-order chi connectivity index (χ0) is 29.7. The Kier molecular flexibility index (Phi) is 6.11. The molecule has 0 N–H and O–H groups in total. The second-order valence-electron chi connectivity index (χ2n) is 11.3. The molecule has 212 valence electrons. The summed E-state index contributed by atoms with van der Waals surface area (Å²) in [6.07, 6.45) is 2.06. The van der Waals surface area contributed by atoms with Gasteiger partial charge < -0.3 is 9.13 Å². The number of nitrogens with zero attached hydrogens (tertiary/aromatic N) is 3. The molecule has 0 saturated carbocycles. The molecule has 3 heterocycles. The van der Waals surface area contributed by atoms with Crippen LogP contribution in [0.25, 0.3) is 55.1 Å². The number of para-hydroxylation sites is 3. The Morgan fingerprint density at radius 3 is 1.49 bits per heavy atom. The van der Waals surface area contributed by atoms with Crippen LogP contribution in [0.4, 0.5) is 0 Å². The maximum Gasteiger partial charge on any atom is 0.0985 e. The molecular weight excluding hydrogens is 565 g/mol. The zero-order valence-electron chi connectivity index (χ0n) is 24.5. The summed E-state index contributed by atoms with van der Waals surface area (Å²) < 4.78 is 4.82. The zero-order valence-corrected chi connectivity index (χ0v) is 25.3. The number of aromatic nitrogens is 3. The van der Waals surface area contributed by atoms with Gasteiger partial charge in [0, 0.05) is 33.7 Å². The number of pyridine rings is 1. The molecule has 0 aliphatic rings. The lowest BCUT2D eigenvalue weighted by Gasteiger charge is -2.20. The van der Waals surface area contributed by atoms with Crippen molar-refractivity contribution in [2.75, 3.05) is 0 Å². The van der Waals surface area contributed by atoms with Gasteiger partial charge in [0.15, 0.2) is 0 Å². The lowest BCUT2D eigenvalue weighted by atomic mass is 10.2. The van der Waals surface area contributed by atoms with Crippen LogP contribution in [-0.2, 0) is 0 Å². The maximum absolute atomic E-state index is 5.13. The Labute approximate surface area is 262 Å². The minimum atomic E-state index is -0.688. The van der Waals surface area contributed by atoms with Gasteiger partial charge in [-0.05, 0) is 60.2 Å².